The average molecular weight is 316 g/mol. The number of aromatic nitrogens is 1. The van der Waals surface area contributed by atoms with Crippen LogP contribution < -0.4 is 10.3 Å². The molecule has 0 amide bonds. The van der Waals surface area contributed by atoms with E-state index in [0.29, 0.717) is 10.9 Å². The van der Waals surface area contributed by atoms with Gasteiger partial charge in [0.2, 0.25) is 0 Å². The zero-order valence-electron chi connectivity index (χ0n) is 14.4. The van der Waals surface area contributed by atoms with Crippen molar-refractivity contribution in [3.63, 3.8) is 0 Å². The van der Waals surface area contributed by atoms with E-state index in [1.165, 1.54) is 0 Å². The van der Waals surface area contributed by atoms with E-state index in [2.05, 4.69) is 18.4 Å². The van der Waals surface area contributed by atoms with Crippen molar-refractivity contribution in [2.24, 2.45) is 0 Å². The summed E-state index contributed by atoms with van der Waals surface area (Å²) < 4.78 is 2.12. The van der Waals surface area contributed by atoms with E-state index in [-0.39, 0.29) is 24.3 Å². The molecule has 0 atom stereocenters. The SMILES string of the molecule is Cc1c(CCC(=O)O)c(=O)c2cc(N(C)C)ccc2n1C(C)C. The van der Waals surface area contributed by atoms with E-state index in [1.54, 1.807) is 0 Å². The van der Waals surface area contributed by atoms with Crippen LogP contribution in [-0.2, 0) is 11.2 Å². The lowest BCUT2D eigenvalue weighted by atomic mass is 10.0. The first-order valence-electron chi connectivity index (χ1n) is 7.81. The summed E-state index contributed by atoms with van der Waals surface area (Å²) in [5.74, 6) is -0.887. The first-order valence-corrected chi connectivity index (χ1v) is 7.81. The van der Waals surface area contributed by atoms with Gasteiger partial charge in [0.25, 0.3) is 0 Å². The Morgan fingerprint density at radius 1 is 1.30 bits per heavy atom. The van der Waals surface area contributed by atoms with Gasteiger partial charge in [0.15, 0.2) is 5.43 Å². The highest BCUT2D eigenvalue weighted by atomic mass is 16.4. The largest absolute Gasteiger partial charge is 0.481 e. The number of carboxylic acid groups (broad SMARTS) is 1. The normalized spacial score (nSPS) is 11.2. The maximum absolute atomic E-state index is 12.9. The Morgan fingerprint density at radius 3 is 2.48 bits per heavy atom. The average Bonchev–Trinajstić information content (AvgIpc) is 2.46. The Labute approximate surface area is 136 Å². The second-order valence-corrected chi connectivity index (χ2v) is 6.35. The van der Waals surface area contributed by atoms with Gasteiger partial charge in [0.05, 0.1) is 5.52 Å². The minimum atomic E-state index is -0.887. The lowest BCUT2D eigenvalue weighted by Crippen LogP contribution is -2.21. The number of carboxylic acids is 1. The Kier molecular flexibility index (Phi) is 4.78. The molecule has 1 aromatic heterocycles. The van der Waals surface area contributed by atoms with Crippen LogP contribution in [-0.4, -0.2) is 29.7 Å². The fourth-order valence-electron chi connectivity index (χ4n) is 3.04. The van der Waals surface area contributed by atoms with Gasteiger partial charge >= 0.3 is 5.97 Å². The molecule has 0 aliphatic rings. The highest BCUT2D eigenvalue weighted by Crippen LogP contribution is 2.25. The summed E-state index contributed by atoms with van der Waals surface area (Å²) in [6.45, 7) is 6.04. The zero-order valence-corrected chi connectivity index (χ0v) is 14.4. The number of pyridine rings is 1. The highest BCUT2D eigenvalue weighted by molar-refractivity contribution is 5.84. The molecule has 23 heavy (non-hydrogen) atoms. The number of fused-ring (bicyclic) bond motifs is 1. The van der Waals surface area contributed by atoms with E-state index in [0.717, 1.165) is 16.9 Å². The Bertz CT molecular complexity index is 804. The topological polar surface area (TPSA) is 62.5 Å². The molecule has 0 saturated heterocycles. The van der Waals surface area contributed by atoms with E-state index in [4.69, 9.17) is 5.11 Å². The fourth-order valence-corrected chi connectivity index (χ4v) is 3.04. The Balaban J connectivity index is 2.80. The molecule has 2 aromatic rings. The van der Waals surface area contributed by atoms with Crippen LogP contribution in [0.3, 0.4) is 0 Å². The first-order chi connectivity index (χ1) is 10.7. The predicted octanol–water partition coefficient (Wildman–Crippen LogP) is 2.97. The summed E-state index contributed by atoms with van der Waals surface area (Å²) in [7, 11) is 3.86. The number of hydrogen-bond donors (Lipinski definition) is 1. The van der Waals surface area contributed by atoms with Crippen LogP contribution in [0.1, 0.15) is 37.6 Å². The molecule has 1 aromatic carbocycles. The Hall–Kier alpha value is -2.30. The minimum Gasteiger partial charge on any atom is -0.481 e. The van der Waals surface area contributed by atoms with Crippen molar-refractivity contribution in [3.8, 4) is 0 Å². The molecule has 5 nitrogen and oxygen atoms in total. The summed E-state index contributed by atoms with van der Waals surface area (Å²) in [5, 5.41) is 9.60. The molecular weight excluding hydrogens is 292 g/mol. The van der Waals surface area contributed by atoms with E-state index < -0.39 is 5.97 Å². The number of hydrogen-bond acceptors (Lipinski definition) is 3. The van der Waals surface area contributed by atoms with Gasteiger partial charge in [-0.1, -0.05) is 0 Å². The van der Waals surface area contributed by atoms with Crippen molar-refractivity contribution in [1.82, 2.24) is 4.57 Å². The van der Waals surface area contributed by atoms with Crippen molar-refractivity contribution in [2.45, 2.75) is 39.7 Å². The van der Waals surface area contributed by atoms with E-state index in [9.17, 15) is 9.59 Å². The molecule has 2 rings (SSSR count). The standard InChI is InChI=1S/C18H24N2O3/c1-11(2)20-12(3)14(7-9-17(21)22)18(23)15-10-13(19(4)5)6-8-16(15)20/h6,8,10-11H,7,9H2,1-5H3,(H,21,22). The third kappa shape index (κ3) is 3.23. The van der Waals surface area contributed by atoms with Crippen LogP contribution in [0.4, 0.5) is 5.69 Å². The van der Waals surface area contributed by atoms with Crippen molar-refractivity contribution < 1.29 is 9.90 Å². The van der Waals surface area contributed by atoms with Crippen molar-refractivity contribution in [3.05, 3.63) is 39.7 Å². The first kappa shape index (κ1) is 17.1. The number of carbonyl (C=O) groups is 1. The number of rotatable bonds is 5. The smallest absolute Gasteiger partial charge is 0.303 e. The monoisotopic (exact) mass is 316 g/mol. The molecule has 0 unspecified atom stereocenters. The van der Waals surface area contributed by atoms with Crippen LogP contribution in [0.5, 0.6) is 0 Å². The van der Waals surface area contributed by atoms with Crippen molar-refractivity contribution in [2.75, 3.05) is 19.0 Å². The van der Waals surface area contributed by atoms with Crippen LogP contribution in [0, 0.1) is 6.92 Å². The van der Waals surface area contributed by atoms with E-state index >= 15 is 0 Å². The van der Waals surface area contributed by atoms with Crippen LogP contribution in [0.15, 0.2) is 23.0 Å². The molecular formula is C18H24N2O3. The summed E-state index contributed by atoms with van der Waals surface area (Å²) in [5.41, 5.74) is 3.25. The summed E-state index contributed by atoms with van der Waals surface area (Å²) in [4.78, 5) is 25.7. The fraction of sp³-hybridized carbons (Fsp3) is 0.444. The molecule has 0 saturated carbocycles. The third-order valence-corrected chi connectivity index (χ3v) is 4.18. The van der Waals surface area contributed by atoms with Gasteiger partial charge in [-0.2, -0.15) is 0 Å². The van der Waals surface area contributed by atoms with Gasteiger partial charge in [-0.3, -0.25) is 9.59 Å². The molecule has 0 radical (unpaired) electrons. The van der Waals surface area contributed by atoms with Crippen molar-refractivity contribution in [1.29, 1.82) is 0 Å². The van der Waals surface area contributed by atoms with Gasteiger partial charge in [0.1, 0.15) is 0 Å². The highest BCUT2D eigenvalue weighted by Gasteiger charge is 2.17. The second kappa shape index (κ2) is 6.44. The molecule has 5 heteroatoms. The summed E-state index contributed by atoms with van der Waals surface area (Å²) in [6, 6.07) is 6.05. The molecule has 1 N–H and O–H groups in total. The van der Waals surface area contributed by atoms with Crippen LogP contribution in [0.2, 0.25) is 0 Å². The molecule has 0 aliphatic heterocycles. The van der Waals surface area contributed by atoms with Crippen LogP contribution >= 0.6 is 0 Å². The number of nitrogens with zero attached hydrogens (tertiary/aromatic N) is 2. The predicted molar refractivity (Wildman–Crippen MR) is 93.6 cm³/mol. The maximum atomic E-state index is 12.9. The molecule has 1 heterocycles. The lowest BCUT2D eigenvalue weighted by molar-refractivity contribution is -0.136. The maximum Gasteiger partial charge on any atom is 0.303 e. The van der Waals surface area contributed by atoms with Gasteiger partial charge < -0.3 is 14.6 Å². The second-order valence-electron chi connectivity index (χ2n) is 6.35. The summed E-state index contributed by atoms with van der Waals surface area (Å²) >= 11 is 0. The number of anilines is 1. The van der Waals surface area contributed by atoms with Gasteiger partial charge in [-0.15, -0.1) is 0 Å². The summed E-state index contributed by atoms with van der Waals surface area (Å²) in [6.07, 6.45) is 0.224. The quantitative estimate of drug-likeness (QED) is 0.921. The number of benzene rings is 1. The molecule has 0 fully saturated rings. The van der Waals surface area contributed by atoms with Crippen molar-refractivity contribution >= 4 is 22.6 Å². The van der Waals surface area contributed by atoms with Crippen LogP contribution in [0.25, 0.3) is 10.9 Å². The third-order valence-electron chi connectivity index (χ3n) is 4.18. The molecule has 0 spiro atoms. The molecule has 0 bridgehead atoms. The van der Waals surface area contributed by atoms with Gasteiger partial charge in [-0.05, 0) is 45.4 Å². The lowest BCUT2D eigenvalue weighted by Gasteiger charge is -2.22. The van der Waals surface area contributed by atoms with Gasteiger partial charge in [-0.25, -0.2) is 0 Å². The molecule has 0 aliphatic carbocycles. The minimum absolute atomic E-state index is 0.0347. The van der Waals surface area contributed by atoms with Gasteiger partial charge in [0, 0.05) is 48.9 Å². The number of aliphatic carboxylic acids is 1. The Morgan fingerprint density at radius 2 is 1.96 bits per heavy atom. The molecule has 124 valence electrons. The zero-order chi connectivity index (χ0) is 17.3. The van der Waals surface area contributed by atoms with E-state index in [1.807, 2.05) is 44.1 Å².